The fourth-order valence-electron chi connectivity index (χ4n) is 1.67. The Morgan fingerprint density at radius 2 is 2.33 bits per heavy atom. The van der Waals surface area contributed by atoms with Crippen LogP contribution in [-0.4, -0.2) is 18.0 Å². The summed E-state index contributed by atoms with van der Waals surface area (Å²) in [5, 5.41) is 5.19. The van der Waals surface area contributed by atoms with Crippen molar-refractivity contribution in [2.45, 2.75) is 13.3 Å². The second-order valence-electron chi connectivity index (χ2n) is 3.88. The molecular formula is C13H14N2O2S. The molecule has 0 bridgehead atoms. The topological polar surface area (TPSA) is 51.2 Å². The Kier molecular flexibility index (Phi) is 3.94. The van der Waals surface area contributed by atoms with E-state index in [2.05, 4.69) is 10.3 Å². The predicted molar refractivity (Wildman–Crippen MR) is 72.2 cm³/mol. The van der Waals surface area contributed by atoms with Gasteiger partial charge in [0.25, 0.3) is 0 Å². The molecule has 1 heterocycles. The molecule has 0 saturated carbocycles. The fourth-order valence-corrected chi connectivity index (χ4v) is 2.21. The second kappa shape index (κ2) is 5.64. The van der Waals surface area contributed by atoms with Crippen LogP contribution in [0.1, 0.15) is 11.1 Å². The molecule has 1 aromatic carbocycles. The van der Waals surface area contributed by atoms with Gasteiger partial charge in [0.1, 0.15) is 5.75 Å². The van der Waals surface area contributed by atoms with Gasteiger partial charge in [-0.2, -0.15) is 0 Å². The summed E-state index contributed by atoms with van der Waals surface area (Å²) in [7, 11) is 1.60. The van der Waals surface area contributed by atoms with Crippen LogP contribution in [0.5, 0.6) is 5.75 Å². The summed E-state index contributed by atoms with van der Waals surface area (Å²) in [4.78, 5) is 15.9. The standard InChI is InChI=1S/C13H14N2O2S/c1-9-3-4-11(17-2)10(7-9)8-12(16)15-13-14-5-6-18-13/h3-7H,8H2,1-2H3,(H,14,15,16). The van der Waals surface area contributed by atoms with Gasteiger partial charge in [-0.3, -0.25) is 4.79 Å². The van der Waals surface area contributed by atoms with Gasteiger partial charge in [-0.15, -0.1) is 11.3 Å². The Balaban J connectivity index is 2.08. The van der Waals surface area contributed by atoms with Crippen molar-refractivity contribution in [2.24, 2.45) is 0 Å². The highest BCUT2D eigenvalue weighted by Gasteiger charge is 2.10. The number of carbonyl (C=O) groups excluding carboxylic acids is 1. The van der Waals surface area contributed by atoms with Crippen molar-refractivity contribution in [3.8, 4) is 5.75 Å². The van der Waals surface area contributed by atoms with E-state index in [0.29, 0.717) is 5.13 Å². The number of benzene rings is 1. The van der Waals surface area contributed by atoms with Crippen molar-refractivity contribution in [1.82, 2.24) is 4.98 Å². The first-order valence-electron chi connectivity index (χ1n) is 5.52. The van der Waals surface area contributed by atoms with E-state index in [1.807, 2.05) is 30.5 Å². The number of aryl methyl sites for hydroxylation is 1. The van der Waals surface area contributed by atoms with E-state index >= 15 is 0 Å². The minimum absolute atomic E-state index is 0.0890. The summed E-state index contributed by atoms with van der Waals surface area (Å²) in [6.45, 7) is 1.99. The molecule has 18 heavy (non-hydrogen) atoms. The summed E-state index contributed by atoms with van der Waals surface area (Å²) < 4.78 is 5.24. The minimum atomic E-state index is -0.0890. The van der Waals surface area contributed by atoms with E-state index in [-0.39, 0.29) is 12.3 Å². The average molecular weight is 262 g/mol. The third kappa shape index (κ3) is 3.07. The minimum Gasteiger partial charge on any atom is -0.496 e. The molecule has 4 nitrogen and oxygen atoms in total. The Bertz CT molecular complexity index is 538. The number of nitrogens with one attached hydrogen (secondary N) is 1. The number of aromatic nitrogens is 1. The van der Waals surface area contributed by atoms with E-state index in [9.17, 15) is 4.79 Å². The quantitative estimate of drug-likeness (QED) is 0.921. The monoisotopic (exact) mass is 262 g/mol. The summed E-state index contributed by atoms with van der Waals surface area (Å²) in [6.07, 6.45) is 1.94. The van der Waals surface area contributed by atoms with Gasteiger partial charge < -0.3 is 10.1 Å². The smallest absolute Gasteiger partial charge is 0.230 e. The van der Waals surface area contributed by atoms with E-state index in [0.717, 1.165) is 16.9 Å². The molecule has 0 aliphatic rings. The number of thiazole rings is 1. The molecule has 0 aliphatic carbocycles. The first-order valence-corrected chi connectivity index (χ1v) is 6.40. The highest BCUT2D eigenvalue weighted by molar-refractivity contribution is 7.13. The molecule has 0 unspecified atom stereocenters. The second-order valence-corrected chi connectivity index (χ2v) is 4.77. The fraction of sp³-hybridized carbons (Fsp3) is 0.231. The molecule has 2 aromatic rings. The molecule has 0 spiro atoms. The van der Waals surface area contributed by atoms with Crippen molar-refractivity contribution in [3.05, 3.63) is 40.9 Å². The number of amides is 1. The van der Waals surface area contributed by atoms with Crippen molar-refractivity contribution in [3.63, 3.8) is 0 Å². The third-order valence-electron chi connectivity index (χ3n) is 2.47. The zero-order valence-electron chi connectivity index (χ0n) is 10.3. The van der Waals surface area contributed by atoms with Gasteiger partial charge in [-0.25, -0.2) is 4.98 Å². The van der Waals surface area contributed by atoms with Gasteiger partial charge in [-0.05, 0) is 13.0 Å². The lowest BCUT2D eigenvalue weighted by Gasteiger charge is -2.09. The van der Waals surface area contributed by atoms with Crippen LogP contribution in [0.15, 0.2) is 29.8 Å². The van der Waals surface area contributed by atoms with Gasteiger partial charge in [0.2, 0.25) is 5.91 Å². The lowest BCUT2D eigenvalue weighted by atomic mass is 10.1. The van der Waals surface area contributed by atoms with Crippen LogP contribution in [0.3, 0.4) is 0 Å². The Morgan fingerprint density at radius 3 is 3.00 bits per heavy atom. The van der Waals surface area contributed by atoms with E-state index in [4.69, 9.17) is 4.74 Å². The van der Waals surface area contributed by atoms with Gasteiger partial charge in [0.15, 0.2) is 5.13 Å². The molecule has 0 aliphatic heterocycles. The van der Waals surface area contributed by atoms with Crippen LogP contribution in [0.2, 0.25) is 0 Å². The van der Waals surface area contributed by atoms with Gasteiger partial charge in [-0.1, -0.05) is 17.7 Å². The SMILES string of the molecule is COc1ccc(C)cc1CC(=O)Nc1nccs1. The number of carbonyl (C=O) groups is 1. The zero-order valence-corrected chi connectivity index (χ0v) is 11.1. The van der Waals surface area contributed by atoms with E-state index < -0.39 is 0 Å². The number of nitrogens with zero attached hydrogens (tertiary/aromatic N) is 1. The molecule has 0 saturated heterocycles. The average Bonchev–Trinajstić information content (AvgIpc) is 2.82. The van der Waals surface area contributed by atoms with Crippen LogP contribution in [0, 0.1) is 6.92 Å². The van der Waals surface area contributed by atoms with Gasteiger partial charge in [0, 0.05) is 17.1 Å². The van der Waals surface area contributed by atoms with Crippen molar-refractivity contribution in [2.75, 3.05) is 12.4 Å². The third-order valence-corrected chi connectivity index (χ3v) is 3.15. The number of methoxy groups -OCH3 is 1. The molecule has 5 heteroatoms. The molecule has 1 N–H and O–H groups in total. The van der Waals surface area contributed by atoms with Crippen molar-refractivity contribution >= 4 is 22.4 Å². The zero-order chi connectivity index (χ0) is 13.0. The molecule has 94 valence electrons. The molecule has 1 aromatic heterocycles. The normalized spacial score (nSPS) is 10.1. The Hall–Kier alpha value is -1.88. The number of ether oxygens (including phenoxy) is 1. The first-order chi connectivity index (χ1) is 8.69. The van der Waals surface area contributed by atoms with Gasteiger partial charge in [0.05, 0.1) is 13.5 Å². The van der Waals surface area contributed by atoms with Crippen LogP contribution < -0.4 is 10.1 Å². The van der Waals surface area contributed by atoms with Crippen molar-refractivity contribution < 1.29 is 9.53 Å². The molecule has 1 amide bonds. The van der Waals surface area contributed by atoms with Crippen LogP contribution >= 0.6 is 11.3 Å². The summed E-state index contributed by atoms with van der Waals surface area (Å²) >= 11 is 1.40. The maximum atomic E-state index is 11.9. The highest BCUT2D eigenvalue weighted by atomic mass is 32.1. The van der Waals surface area contributed by atoms with Crippen LogP contribution in [0.4, 0.5) is 5.13 Å². The van der Waals surface area contributed by atoms with Gasteiger partial charge >= 0.3 is 0 Å². The first kappa shape index (κ1) is 12.6. The summed E-state index contributed by atoms with van der Waals surface area (Å²) in [6, 6.07) is 5.79. The maximum Gasteiger partial charge on any atom is 0.230 e. The largest absolute Gasteiger partial charge is 0.496 e. The predicted octanol–water partition coefficient (Wildman–Crippen LogP) is 2.64. The highest BCUT2D eigenvalue weighted by Crippen LogP contribution is 2.21. The Morgan fingerprint density at radius 1 is 1.50 bits per heavy atom. The molecule has 0 radical (unpaired) electrons. The Labute approximate surface area is 110 Å². The lowest BCUT2D eigenvalue weighted by Crippen LogP contribution is -2.14. The lowest BCUT2D eigenvalue weighted by molar-refractivity contribution is -0.115. The number of hydrogen-bond donors (Lipinski definition) is 1. The number of rotatable bonds is 4. The molecular weight excluding hydrogens is 248 g/mol. The van der Waals surface area contributed by atoms with Crippen LogP contribution in [0.25, 0.3) is 0 Å². The van der Waals surface area contributed by atoms with E-state index in [1.165, 1.54) is 11.3 Å². The summed E-state index contributed by atoms with van der Waals surface area (Å²) in [5.74, 6) is 0.642. The van der Waals surface area contributed by atoms with Crippen LogP contribution in [-0.2, 0) is 11.2 Å². The molecule has 0 atom stereocenters. The summed E-state index contributed by atoms with van der Waals surface area (Å²) in [5.41, 5.74) is 1.99. The molecule has 0 fully saturated rings. The molecule has 2 rings (SSSR count). The van der Waals surface area contributed by atoms with E-state index in [1.54, 1.807) is 13.3 Å². The number of anilines is 1. The van der Waals surface area contributed by atoms with Crippen molar-refractivity contribution in [1.29, 1.82) is 0 Å². The number of hydrogen-bond acceptors (Lipinski definition) is 4. The maximum absolute atomic E-state index is 11.9.